The second kappa shape index (κ2) is 6.02. The third-order valence-electron chi connectivity index (χ3n) is 5.28. The molecule has 0 aromatic heterocycles. The van der Waals surface area contributed by atoms with Gasteiger partial charge in [-0.15, -0.1) is 0 Å². The molecule has 0 aliphatic heterocycles. The predicted octanol–water partition coefficient (Wildman–Crippen LogP) is 4.70. The molecule has 0 aromatic carbocycles. The molecule has 0 spiro atoms. The lowest BCUT2D eigenvalue weighted by atomic mass is 9.73. The van der Waals surface area contributed by atoms with E-state index in [1.54, 1.807) is 0 Å². The first-order valence-electron chi connectivity index (χ1n) is 7.33. The highest BCUT2D eigenvalue weighted by Crippen LogP contribution is 2.49. The molecule has 1 heteroatoms. The zero-order valence-electron chi connectivity index (χ0n) is 12.3. The van der Waals surface area contributed by atoms with Gasteiger partial charge in [0.05, 0.1) is 0 Å². The standard InChI is InChI=1S/C16H30O/c1-12(10-13(2)11-17)6-8-15-9-7-14(3)16(15,4)5/h11-15H,6-10H2,1-5H3. The van der Waals surface area contributed by atoms with Crippen LogP contribution < -0.4 is 0 Å². The van der Waals surface area contributed by atoms with Crippen molar-refractivity contribution in [3.8, 4) is 0 Å². The SMILES string of the molecule is CC(C=O)CC(C)CCC1CCC(C)C1(C)C. The van der Waals surface area contributed by atoms with Crippen molar-refractivity contribution >= 4 is 6.29 Å². The molecule has 0 aromatic rings. The minimum atomic E-state index is 0.237. The van der Waals surface area contributed by atoms with E-state index in [1.807, 2.05) is 6.92 Å². The Morgan fingerprint density at radius 1 is 1.29 bits per heavy atom. The van der Waals surface area contributed by atoms with Crippen molar-refractivity contribution in [2.24, 2.45) is 29.1 Å². The van der Waals surface area contributed by atoms with E-state index in [2.05, 4.69) is 27.7 Å². The molecule has 0 radical (unpaired) electrons. The van der Waals surface area contributed by atoms with E-state index in [0.29, 0.717) is 11.3 Å². The molecule has 0 saturated heterocycles. The number of aldehydes is 1. The first-order valence-corrected chi connectivity index (χ1v) is 7.33. The van der Waals surface area contributed by atoms with Gasteiger partial charge in [0.2, 0.25) is 0 Å². The minimum Gasteiger partial charge on any atom is -0.303 e. The normalized spacial score (nSPS) is 31.1. The lowest BCUT2D eigenvalue weighted by Gasteiger charge is -2.32. The van der Waals surface area contributed by atoms with Crippen LogP contribution in [0.1, 0.15) is 66.7 Å². The fraction of sp³-hybridized carbons (Fsp3) is 0.938. The number of carbonyl (C=O) groups is 1. The topological polar surface area (TPSA) is 17.1 Å². The van der Waals surface area contributed by atoms with Gasteiger partial charge in [0.1, 0.15) is 6.29 Å². The molecule has 4 atom stereocenters. The quantitative estimate of drug-likeness (QED) is 0.613. The average Bonchev–Trinajstić information content (AvgIpc) is 2.51. The fourth-order valence-electron chi connectivity index (χ4n) is 3.41. The zero-order chi connectivity index (χ0) is 13.1. The van der Waals surface area contributed by atoms with E-state index < -0.39 is 0 Å². The lowest BCUT2D eigenvalue weighted by Crippen LogP contribution is -2.23. The van der Waals surface area contributed by atoms with Gasteiger partial charge in [0.15, 0.2) is 0 Å². The molecule has 1 nitrogen and oxygen atoms in total. The molecule has 0 amide bonds. The molecule has 0 N–H and O–H groups in total. The second-order valence-corrected chi connectivity index (χ2v) is 7.03. The summed E-state index contributed by atoms with van der Waals surface area (Å²) in [5.74, 6) is 2.70. The highest BCUT2D eigenvalue weighted by molar-refractivity contribution is 5.52. The zero-order valence-corrected chi connectivity index (χ0v) is 12.3. The molecule has 1 aliphatic carbocycles. The Hall–Kier alpha value is -0.330. The van der Waals surface area contributed by atoms with Crippen LogP contribution in [-0.2, 0) is 4.79 Å². The van der Waals surface area contributed by atoms with Crippen LogP contribution in [0.3, 0.4) is 0 Å². The Kier molecular flexibility index (Phi) is 5.22. The Morgan fingerprint density at radius 3 is 2.41 bits per heavy atom. The van der Waals surface area contributed by atoms with E-state index >= 15 is 0 Å². The van der Waals surface area contributed by atoms with E-state index in [0.717, 1.165) is 24.5 Å². The monoisotopic (exact) mass is 238 g/mol. The van der Waals surface area contributed by atoms with Crippen molar-refractivity contribution in [1.82, 2.24) is 0 Å². The Balaban J connectivity index is 2.33. The van der Waals surface area contributed by atoms with Crippen LogP contribution in [0.15, 0.2) is 0 Å². The van der Waals surface area contributed by atoms with Crippen molar-refractivity contribution in [2.45, 2.75) is 66.7 Å². The molecular weight excluding hydrogens is 208 g/mol. The number of hydrogen-bond acceptors (Lipinski definition) is 1. The molecule has 100 valence electrons. The fourth-order valence-corrected chi connectivity index (χ4v) is 3.41. The van der Waals surface area contributed by atoms with Crippen molar-refractivity contribution in [3.63, 3.8) is 0 Å². The lowest BCUT2D eigenvalue weighted by molar-refractivity contribution is -0.111. The van der Waals surface area contributed by atoms with Crippen LogP contribution in [-0.4, -0.2) is 6.29 Å². The van der Waals surface area contributed by atoms with Gasteiger partial charge < -0.3 is 4.79 Å². The molecule has 17 heavy (non-hydrogen) atoms. The van der Waals surface area contributed by atoms with E-state index in [9.17, 15) is 4.79 Å². The maximum atomic E-state index is 10.6. The molecule has 4 unspecified atom stereocenters. The van der Waals surface area contributed by atoms with E-state index in [1.165, 1.54) is 25.7 Å². The number of carbonyl (C=O) groups excluding carboxylic acids is 1. The minimum absolute atomic E-state index is 0.237. The molecule has 1 rings (SSSR count). The van der Waals surface area contributed by atoms with Crippen LogP contribution in [0.25, 0.3) is 0 Å². The van der Waals surface area contributed by atoms with Gasteiger partial charge in [0.25, 0.3) is 0 Å². The second-order valence-electron chi connectivity index (χ2n) is 7.03. The Labute approximate surface area is 107 Å². The van der Waals surface area contributed by atoms with Crippen LogP contribution >= 0.6 is 0 Å². The Morgan fingerprint density at radius 2 is 1.94 bits per heavy atom. The predicted molar refractivity (Wildman–Crippen MR) is 73.9 cm³/mol. The summed E-state index contributed by atoms with van der Waals surface area (Å²) in [6, 6.07) is 0. The largest absolute Gasteiger partial charge is 0.303 e. The molecule has 1 aliphatic rings. The van der Waals surface area contributed by atoms with Crippen molar-refractivity contribution in [1.29, 1.82) is 0 Å². The summed E-state index contributed by atoms with van der Waals surface area (Å²) < 4.78 is 0. The Bertz CT molecular complexity index is 244. The highest BCUT2D eigenvalue weighted by atomic mass is 16.1. The van der Waals surface area contributed by atoms with Crippen LogP contribution in [0.4, 0.5) is 0 Å². The van der Waals surface area contributed by atoms with Crippen molar-refractivity contribution in [2.75, 3.05) is 0 Å². The smallest absolute Gasteiger partial charge is 0.122 e. The third-order valence-corrected chi connectivity index (χ3v) is 5.28. The summed E-state index contributed by atoms with van der Waals surface area (Å²) in [4.78, 5) is 10.6. The first-order chi connectivity index (χ1) is 7.87. The van der Waals surface area contributed by atoms with E-state index in [4.69, 9.17) is 0 Å². The van der Waals surface area contributed by atoms with Gasteiger partial charge in [-0.25, -0.2) is 0 Å². The van der Waals surface area contributed by atoms with Gasteiger partial charge in [-0.3, -0.25) is 0 Å². The number of hydrogen-bond donors (Lipinski definition) is 0. The van der Waals surface area contributed by atoms with Crippen molar-refractivity contribution < 1.29 is 4.79 Å². The van der Waals surface area contributed by atoms with Gasteiger partial charge in [-0.1, -0.05) is 41.0 Å². The van der Waals surface area contributed by atoms with Crippen LogP contribution in [0, 0.1) is 29.1 Å². The number of rotatable bonds is 6. The van der Waals surface area contributed by atoms with Crippen molar-refractivity contribution in [3.05, 3.63) is 0 Å². The first kappa shape index (κ1) is 14.7. The van der Waals surface area contributed by atoms with Gasteiger partial charge in [-0.05, 0) is 48.9 Å². The highest BCUT2D eigenvalue weighted by Gasteiger charge is 2.39. The maximum Gasteiger partial charge on any atom is 0.122 e. The summed E-state index contributed by atoms with van der Waals surface area (Å²) in [5.41, 5.74) is 0.524. The molecular formula is C16H30O. The average molecular weight is 238 g/mol. The molecule has 1 fully saturated rings. The van der Waals surface area contributed by atoms with Gasteiger partial charge in [0, 0.05) is 5.92 Å². The van der Waals surface area contributed by atoms with Crippen LogP contribution in [0.5, 0.6) is 0 Å². The summed E-state index contributed by atoms with van der Waals surface area (Å²) in [6.45, 7) is 11.6. The molecule has 0 bridgehead atoms. The summed E-state index contributed by atoms with van der Waals surface area (Å²) in [6.07, 6.45) is 7.61. The van der Waals surface area contributed by atoms with Gasteiger partial charge in [-0.2, -0.15) is 0 Å². The summed E-state index contributed by atoms with van der Waals surface area (Å²) in [7, 11) is 0. The van der Waals surface area contributed by atoms with E-state index in [-0.39, 0.29) is 5.92 Å². The van der Waals surface area contributed by atoms with Gasteiger partial charge >= 0.3 is 0 Å². The summed E-state index contributed by atoms with van der Waals surface area (Å²) >= 11 is 0. The third kappa shape index (κ3) is 3.82. The molecule has 1 saturated carbocycles. The summed E-state index contributed by atoms with van der Waals surface area (Å²) in [5, 5.41) is 0. The van der Waals surface area contributed by atoms with Crippen LogP contribution in [0.2, 0.25) is 0 Å². The molecule has 0 heterocycles. The maximum absolute atomic E-state index is 10.6.